The summed E-state index contributed by atoms with van der Waals surface area (Å²) in [5.41, 5.74) is -1.31. The topological polar surface area (TPSA) is 86.7 Å². The second kappa shape index (κ2) is 7.21. The Morgan fingerprint density at radius 1 is 1.43 bits per heavy atom. The quantitative estimate of drug-likeness (QED) is 0.800. The molecule has 1 heterocycles. The van der Waals surface area contributed by atoms with Crippen LogP contribution in [0.15, 0.2) is 17.5 Å². The van der Waals surface area contributed by atoms with E-state index in [-0.39, 0.29) is 12.5 Å². The van der Waals surface area contributed by atoms with Crippen LogP contribution in [0.25, 0.3) is 0 Å². The second-order valence-electron chi connectivity index (χ2n) is 5.07. The van der Waals surface area contributed by atoms with Gasteiger partial charge in [-0.25, -0.2) is 4.79 Å². The minimum atomic E-state index is -1.31. The zero-order valence-electron chi connectivity index (χ0n) is 12.4. The van der Waals surface area contributed by atoms with E-state index in [2.05, 4.69) is 5.32 Å². The molecule has 1 rings (SSSR count). The van der Waals surface area contributed by atoms with Crippen LogP contribution in [0.5, 0.6) is 0 Å². The zero-order valence-corrected chi connectivity index (χ0v) is 13.2. The molecular weight excluding hydrogens is 292 g/mol. The average Bonchev–Trinajstić information content (AvgIpc) is 2.91. The van der Waals surface area contributed by atoms with Crippen molar-refractivity contribution in [1.82, 2.24) is 10.2 Å². The van der Waals surface area contributed by atoms with Gasteiger partial charge in [0.05, 0.1) is 11.4 Å². The van der Waals surface area contributed by atoms with Crippen LogP contribution in [-0.2, 0) is 9.59 Å². The number of hydrogen-bond donors (Lipinski definition) is 2. The lowest BCUT2D eigenvalue weighted by Crippen LogP contribution is -2.54. The summed E-state index contributed by atoms with van der Waals surface area (Å²) in [6.45, 7) is 3.14. The van der Waals surface area contributed by atoms with Crippen LogP contribution in [0.2, 0.25) is 0 Å². The van der Waals surface area contributed by atoms with Gasteiger partial charge in [0, 0.05) is 7.05 Å². The summed E-state index contributed by atoms with van der Waals surface area (Å²) in [5, 5.41) is 13.5. The molecule has 1 unspecified atom stereocenters. The van der Waals surface area contributed by atoms with Gasteiger partial charge in [-0.15, -0.1) is 11.3 Å². The van der Waals surface area contributed by atoms with E-state index >= 15 is 0 Å². The Balaban J connectivity index is 2.64. The molecule has 0 saturated carbocycles. The Hall–Kier alpha value is -1.89. The number of carbonyl (C=O) groups excluding carboxylic acids is 2. The van der Waals surface area contributed by atoms with Gasteiger partial charge in [0.1, 0.15) is 5.54 Å². The third kappa shape index (κ3) is 4.56. The number of aliphatic carboxylic acids is 1. The Kier molecular flexibility index (Phi) is 5.90. The first-order chi connectivity index (χ1) is 9.80. The first-order valence-electron chi connectivity index (χ1n) is 6.63. The molecule has 2 amide bonds. The summed E-state index contributed by atoms with van der Waals surface area (Å²) in [4.78, 5) is 37.0. The second-order valence-corrected chi connectivity index (χ2v) is 6.02. The largest absolute Gasteiger partial charge is 0.480 e. The lowest BCUT2D eigenvalue weighted by atomic mass is 9.96. The fraction of sp³-hybridized carbons (Fsp3) is 0.500. The monoisotopic (exact) mass is 312 g/mol. The van der Waals surface area contributed by atoms with Crippen molar-refractivity contribution in [3.8, 4) is 0 Å². The van der Waals surface area contributed by atoms with Gasteiger partial charge >= 0.3 is 5.97 Å². The van der Waals surface area contributed by atoms with Crippen LogP contribution in [-0.4, -0.2) is 46.9 Å². The predicted octanol–water partition coefficient (Wildman–Crippen LogP) is 1.58. The fourth-order valence-corrected chi connectivity index (χ4v) is 2.66. The van der Waals surface area contributed by atoms with Crippen LogP contribution in [0.4, 0.5) is 0 Å². The molecular formula is C14H20N2O4S. The number of nitrogens with zero attached hydrogens (tertiary/aromatic N) is 1. The van der Waals surface area contributed by atoms with Crippen LogP contribution in [0.3, 0.4) is 0 Å². The van der Waals surface area contributed by atoms with Crippen molar-refractivity contribution in [3.63, 3.8) is 0 Å². The van der Waals surface area contributed by atoms with Gasteiger partial charge in [-0.1, -0.05) is 19.4 Å². The maximum Gasteiger partial charge on any atom is 0.329 e. The van der Waals surface area contributed by atoms with Gasteiger partial charge in [0.15, 0.2) is 0 Å². The third-order valence-corrected chi connectivity index (χ3v) is 3.95. The number of nitrogens with one attached hydrogen (secondary N) is 1. The van der Waals surface area contributed by atoms with Crippen LogP contribution >= 0.6 is 11.3 Å². The maximum absolute atomic E-state index is 12.0. The molecule has 0 bridgehead atoms. The molecule has 0 radical (unpaired) electrons. The number of carboxylic acids is 1. The molecule has 21 heavy (non-hydrogen) atoms. The number of amides is 2. The SMILES string of the molecule is CCCC(C)(NC(=O)CN(C)C(=O)c1cccs1)C(=O)O. The third-order valence-electron chi connectivity index (χ3n) is 3.10. The van der Waals surface area contributed by atoms with E-state index in [1.54, 1.807) is 17.5 Å². The minimum Gasteiger partial charge on any atom is -0.480 e. The number of thiophene rings is 1. The molecule has 0 aliphatic heterocycles. The zero-order chi connectivity index (χ0) is 16.0. The normalized spacial score (nSPS) is 13.3. The number of carboxylic acid groups (broad SMARTS) is 1. The molecule has 0 aliphatic carbocycles. The van der Waals surface area contributed by atoms with Crippen molar-refractivity contribution in [2.45, 2.75) is 32.2 Å². The molecule has 7 heteroatoms. The lowest BCUT2D eigenvalue weighted by molar-refractivity contribution is -0.147. The van der Waals surface area contributed by atoms with Crippen LogP contribution in [0, 0.1) is 0 Å². The minimum absolute atomic E-state index is 0.177. The van der Waals surface area contributed by atoms with Gasteiger partial charge < -0.3 is 15.3 Å². The van der Waals surface area contributed by atoms with Gasteiger partial charge in [-0.05, 0) is 24.8 Å². The van der Waals surface area contributed by atoms with Crippen molar-refractivity contribution in [1.29, 1.82) is 0 Å². The molecule has 1 aromatic heterocycles. The van der Waals surface area contributed by atoms with Gasteiger partial charge in [-0.2, -0.15) is 0 Å². The standard InChI is InChI=1S/C14H20N2O4S/c1-4-7-14(2,13(19)20)15-11(17)9-16(3)12(18)10-6-5-8-21-10/h5-6,8H,4,7,9H2,1-3H3,(H,15,17)(H,19,20). The smallest absolute Gasteiger partial charge is 0.329 e. The van der Waals surface area contributed by atoms with Gasteiger partial charge in [0.2, 0.25) is 5.91 Å². The summed E-state index contributed by atoms with van der Waals surface area (Å²) in [6, 6.07) is 3.44. The maximum atomic E-state index is 12.0. The van der Waals surface area contributed by atoms with Crippen molar-refractivity contribution in [3.05, 3.63) is 22.4 Å². The van der Waals surface area contributed by atoms with Crippen molar-refractivity contribution in [2.75, 3.05) is 13.6 Å². The Morgan fingerprint density at radius 3 is 2.57 bits per heavy atom. The molecule has 0 fully saturated rings. The molecule has 0 aliphatic rings. The summed E-state index contributed by atoms with van der Waals surface area (Å²) < 4.78 is 0. The fourth-order valence-electron chi connectivity index (χ4n) is 1.95. The summed E-state index contributed by atoms with van der Waals surface area (Å²) in [5.74, 6) is -1.82. The summed E-state index contributed by atoms with van der Waals surface area (Å²) in [6.07, 6.45) is 0.962. The van der Waals surface area contributed by atoms with Gasteiger partial charge in [-0.3, -0.25) is 9.59 Å². The van der Waals surface area contributed by atoms with Crippen molar-refractivity contribution < 1.29 is 19.5 Å². The predicted molar refractivity (Wildman–Crippen MR) is 80.4 cm³/mol. The van der Waals surface area contributed by atoms with E-state index < -0.39 is 17.4 Å². The molecule has 2 N–H and O–H groups in total. The highest BCUT2D eigenvalue weighted by Crippen LogP contribution is 2.13. The molecule has 0 aromatic carbocycles. The number of likely N-dealkylation sites (N-methyl/N-ethyl adjacent to an activating group) is 1. The van der Waals surface area contributed by atoms with E-state index in [1.165, 1.54) is 30.2 Å². The molecule has 1 atom stereocenters. The van der Waals surface area contributed by atoms with Gasteiger partial charge in [0.25, 0.3) is 5.91 Å². The molecule has 1 aromatic rings. The number of hydrogen-bond acceptors (Lipinski definition) is 4. The summed E-state index contributed by atoms with van der Waals surface area (Å²) in [7, 11) is 1.51. The Labute approximate surface area is 127 Å². The van der Waals surface area contributed by atoms with Crippen molar-refractivity contribution >= 4 is 29.1 Å². The molecule has 6 nitrogen and oxygen atoms in total. The molecule has 116 valence electrons. The van der Waals surface area contributed by atoms with E-state index in [0.717, 1.165) is 0 Å². The van der Waals surface area contributed by atoms with E-state index in [1.807, 2.05) is 6.92 Å². The molecule has 0 saturated heterocycles. The first kappa shape index (κ1) is 17.2. The van der Waals surface area contributed by atoms with E-state index in [4.69, 9.17) is 0 Å². The van der Waals surface area contributed by atoms with E-state index in [0.29, 0.717) is 17.7 Å². The van der Waals surface area contributed by atoms with Crippen LogP contribution < -0.4 is 5.32 Å². The Bertz CT molecular complexity index is 515. The van der Waals surface area contributed by atoms with E-state index in [9.17, 15) is 19.5 Å². The highest BCUT2D eigenvalue weighted by molar-refractivity contribution is 7.12. The average molecular weight is 312 g/mol. The van der Waals surface area contributed by atoms with Crippen molar-refractivity contribution in [2.24, 2.45) is 0 Å². The number of carbonyl (C=O) groups is 3. The Morgan fingerprint density at radius 2 is 2.10 bits per heavy atom. The molecule has 0 spiro atoms. The van der Waals surface area contributed by atoms with Crippen LogP contribution in [0.1, 0.15) is 36.4 Å². The summed E-state index contributed by atoms with van der Waals surface area (Å²) >= 11 is 1.30. The lowest BCUT2D eigenvalue weighted by Gasteiger charge is -2.27. The number of rotatable bonds is 7. The highest BCUT2D eigenvalue weighted by atomic mass is 32.1. The first-order valence-corrected chi connectivity index (χ1v) is 7.51. The highest BCUT2D eigenvalue weighted by Gasteiger charge is 2.34.